The van der Waals surface area contributed by atoms with Crippen molar-refractivity contribution in [2.24, 2.45) is 0 Å². The van der Waals surface area contributed by atoms with Crippen molar-refractivity contribution in [3.8, 4) is 16.9 Å². The van der Waals surface area contributed by atoms with Crippen LogP contribution in [-0.4, -0.2) is 37.8 Å². The van der Waals surface area contributed by atoms with Crippen molar-refractivity contribution < 1.29 is 31.1 Å². The van der Waals surface area contributed by atoms with E-state index in [2.05, 4.69) is 14.6 Å². The third kappa shape index (κ3) is 5.12. The minimum Gasteiger partial charge on any atom is -0.468 e. The van der Waals surface area contributed by atoms with Gasteiger partial charge in [0.25, 0.3) is 0 Å². The zero-order chi connectivity index (χ0) is 22.8. The molecule has 0 spiro atoms. The molecule has 0 bridgehead atoms. The highest BCUT2D eigenvalue weighted by molar-refractivity contribution is 7.89. The predicted octanol–water partition coefficient (Wildman–Crippen LogP) is 3.32. The standard InChI is InChI=1S/C20H18F3N3O4S/c1-13-3-5-14(6-4-13)17-11-18(20(21,22)23)25-26(17)15-7-9-16(10-8-15)31(28,29)24-12-19(27)30-2/h3-11,24H,12H2,1-2H3. The average molecular weight is 453 g/mol. The maximum atomic E-state index is 13.3. The van der Waals surface area contributed by atoms with E-state index >= 15 is 0 Å². The van der Waals surface area contributed by atoms with Crippen LogP contribution in [0.3, 0.4) is 0 Å². The number of sulfonamides is 1. The Morgan fingerprint density at radius 3 is 2.26 bits per heavy atom. The van der Waals surface area contributed by atoms with Crippen molar-refractivity contribution in [2.75, 3.05) is 13.7 Å². The molecule has 0 saturated heterocycles. The van der Waals surface area contributed by atoms with E-state index in [0.717, 1.165) is 23.4 Å². The number of aryl methyl sites for hydroxylation is 1. The van der Waals surface area contributed by atoms with Crippen molar-refractivity contribution >= 4 is 16.0 Å². The van der Waals surface area contributed by atoms with Gasteiger partial charge in [-0.1, -0.05) is 29.8 Å². The van der Waals surface area contributed by atoms with Gasteiger partial charge in [0, 0.05) is 5.56 Å². The lowest BCUT2D eigenvalue weighted by atomic mass is 10.1. The third-order valence-corrected chi connectivity index (χ3v) is 5.79. The van der Waals surface area contributed by atoms with E-state index in [9.17, 15) is 26.4 Å². The monoisotopic (exact) mass is 453 g/mol. The van der Waals surface area contributed by atoms with Gasteiger partial charge in [0.15, 0.2) is 5.69 Å². The molecule has 1 aromatic heterocycles. The van der Waals surface area contributed by atoms with Crippen LogP contribution in [0.5, 0.6) is 0 Å². The summed E-state index contributed by atoms with van der Waals surface area (Å²) in [4.78, 5) is 11.0. The molecule has 164 valence electrons. The molecule has 0 amide bonds. The number of alkyl halides is 3. The SMILES string of the molecule is COC(=O)CNS(=O)(=O)c1ccc(-n2nc(C(F)(F)F)cc2-c2ccc(C)cc2)cc1. The normalized spacial score (nSPS) is 12.0. The number of nitrogens with one attached hydrogen (secondary N) is 1. The molecule has 1 heterocycles. The van der Waals surface area contributed by atoms with Crippen LogP contribution < -0.4 is 4.72 Å². The van der Waals surface area contributed by atoms with Crippen molar-refractivity contribution in [1.29, 1.82) is 0 Å². The summed E-state index contributed by atoms with van der Waals surface area (Å²) in [5.74, 6) is -0.765. The van der Waals surface area contributed by atoms with Crippen LogP contribution in [-0.2, 0) is 25.7 Å². The number of hydrogen-bond acceptors (Lipinski definition) is 5. The second-order valence-corrected chi connectivity index (χ2v) is 8.35. The maximum Gasteiger partial charge on any atom is 0.435 e. The number of aromatic nitrogens is 2. The molecule has 31 heavy (non-hydrogen) atoms. The van der Waals surface area contributed by atoms with Gasteiger partial charge in [-0.2, -0.15) is 23.0 Å². The molecular formula is C20H18F3N3O4S. The Hall–Kier alpha value is -3.18. The number of methoxy groups -OCH3 is 1. The summed E-state index contributed by atoms with van der Waals surface area (Å²) in [6.45, 7) is 1.31. The van der Waals surface area contributed by atoms with Gasteiger partial charge in [0.1, 0.15) is 6.54 Å². The summed E-state index contributed by atoms with van der Waals surface area (Å²) < 4.78 is 71.9. The molecule has 0 fully saturated rings. The lowest BCUT2D eigenvalue weighted by molar-refractivity contribution is -0.141. The van der Waals surface area contributed by atoms with Crippen molar-refractivity contribution in [3.63, 3.8) is 0 Å². The highest BCUT2D eigenvalue weighted by Gasteiger charge is 2.35. The summed E-state index contributed by atoms with van der Waals surface area (Å²) in [6.07, 6.45) is -4.65. The molecule has 0 atom stereocenters. The zero-order valence-electron chi connectivity index (χ0n) is 16.5. The Kier molecular flexibility index (Phi) is 6.18. The molecule has 2 aromatic carbocycles. The lowest BCUT2D eigenvalue weighted by Crippen LogP contribution is -2.30. The minimum absolute atomic E-state index is 0.166. The summed E-state index contributed by atoms with van der Waals surface area (Å²) in [5, 5.41) is 3.68. The van der Waals surface area contributed by atoms with Crippen LogP contribution in [0.25, 0.3) is 16.9 Å². The molecule has 3 aromatic rings. The number of ether oxygens (including phenoxy) is 1. The quantitative estimate of drug-likeness (QED) is 0.579. The Morgan fingerprint density at radius 2 is 1.71 bits per heavy atom. The molecule has 3 rings (SSSR count). The number of esters is 1. The topological polar surface area (TPSA) is 90.3 Å². The van der Waals surface area contributed by atoms with Gasteiger partial charge in [-0.3, -0.25) is 4.79 Å². The van der Waals surface area contributed by atoms with E-state index in [1.807, 2.05) is 6.92 Å². The molecule has 0 aliphatic carbocycles. The van der Waals surface area contributed by atoms with Crippen LogP contribution in [0.2, 0.25) is 0 Å². The van der Waals surface area contributed by atoms with Gasteiger partial charge >= 0.3 is 12.1 Å². The predicted molar refractivity (Wildman–Crippen MR) is 106 cm³/mol. The fraction of sp³-hybridized carbons (Fsp3) is 0.200. The van der Waals surface area contributed by atoms with Crippen LogP contribution in [0.4, 0.5) is 13.2 Å². The van der Waals surface area contributed by atoms with E-state index in [-0.39, 0.29) is 16.3 Å². The fourth-order valence-corrected chi connectivity index (χ4v) is 3.69. The first-order valence-corrected chi connectivity index (χ1v) is 10.4. The van der Waals surface area contributed by atoms with Gasteiger partial charge in [-0.05, 0) is 37.3 Å². The molecule has 0 aliphatic heterocycles. The second-order valence-electron chi connectivity index (χ2n) is 6.58. The van der Waals surface area contributed by atoms with Crippen molar-refractivity contribution in [1.82, 2.24) is 14.5 Å². The summed E-state index contributed by atoms with van der Waals surface area (Å²) in [6, 6.07) is 12.9. The van der Waals surface area contributed by atoms with Gasteiger partial charge in [0.05, 0.1) is 23.4 Å². The van der Waals surface area contributed by atoms with E-state index in [1.165, 1.54) is 24.3 Å². The van der Waals surface area contributed by atoms with E-state index in [0.29, 0.717) is 5.56 Å². The van der Waals surface area contributed by atoms with Gasteiger partial charge < -0.3 is 4.74 Å². The molecule has 0 saturated carbocycles. The van der Waals surface area contributed by atoms with Crippen molar-refractivity contribution in [3.05, 3.63) is 65.9 Å². The Labute approximate surface area is 176 Å². The van der Waals surface area contributed by atoms with Gasteiger partial charge in [-0.25, -0.2) is 13.1 Å². The maximum absolute atomic E-state index is 13.3. The zero-order valence-corrected chi connectivity index (χ0v) is 17.3. The number of hydrogen-bond donors (Lipinski definition) is 1. The van der Waals surface area contributed by atoms with Crippen molar-refractivity contribution in [2.45, 2.75) is 18.0 Å². The molecule has 0 unspecified atom stereocenters. The third-order valence-electron chi connectivity index (χ3n) is 4.37. The fourth-order valence-electron chi connectivity index (χ4n) is 2.72. The first-order valence-electron chi connectivity index (χ1n) is 8.92. The van der Waals surface area contributed by atoms with Gasteiger partial charge in [-0.15, -0.1) is 0 Å². The number of carbonyl (C=O) groups excluding carboxylic acids is 1. The van der Waals surface area contributed by atoms with Crippen LogP contribution in [0.15, 0.2) is 59.5 Å². The van der Waals surface area contributed by atoms with Crippen LogP contribution in [0.1, 0.15) is 11.3 Å². The lowest BCUT2D eigenvalue weighted by Gasteiger charge is -2.10. The molecule has 1 N–H and O–H groups in total. The summed E-state index contributed by atoms with van der Waals surface area (Å²) in [7, 11) is -2.89. The first kappa shape index (κ1) is 22.5. The molecule has 11 heteroatoms. The Balaban J connectivity index is 1.99. The Bertz CT molecular complexity index is 1190. The highest BCUT2D eigenvalue weighted by atomic mass is 32.2. The number of halogens is 3. The minimum atomic E-state index is -4.65. The van der Waals surface area contributed by atoms with Crippen LogP contribution in [0, 0.1) is 6.92 Å². The number of nitrogens with zero attached hydrogens (tertiary/aromatic N) is 2. The largest absolute Gasteiger partial charge is 0.468 e. The Morgan fingerprint density at radius 1 is 1.10 bits per heavy atom. The van der Waals surface area contributed by atoms with E-state index in [1.54, 1.807) is 24.3 Å². The summed E-state index contributed by atoms with van der Waals surface area (Å²) >= 11 is 0. The summed E-state index contributed by atoms with van der Waals surface area (Å²) in [5.41, 5.74) is 0.828. The molecular weight excluding hydrogens is 435 g/mol. The number of benzene rings is 2. The highest BCUT2D eigenvalue weighted by Crippen LogP contribution is 2.33. The van der Waals surface area contributed by atoms with Crippen LogP contribution >= 0.6 is 0 Å². The molecule has 7 nitrogen and oxygen atoms in total. The number of carbonyl (C=O) groups is 1. The first-order chi connectivity index (χ1) is 14.5. The number of rotatable bonds is 6. The van der Waals surface area contributed by atoms with E-state index < -0.39 is 34.4 Å². The second kappa shape index (κ2) is 8.52. The molecule has 0 radical (unpaired) electrons. The molecule has 0 aliphatic rings. The van der Waals surface area contributed by atoms with E-state index in [4.69, 9.17) is 0 Å². The average Bonchev–Trinajstić information content (AvgIpc) is 3.18. The smallest absolute Gasteiger partial charge is 0.435 e. The van der Waals surface area contributed by atoms with Gasteiger partial charge in [0.2, 0.25) is 10.0 Å².